The Morgan fingerprint density at radius 1 is 1.36 bits per heavy atom. The van der Waals surface area contributed by atoms with E-state index in [1.54, 1.807) is 11.8 Å². The second-order valence-corrected chi connectivity index (χ2v) is 7.71. The van der Waals surface area contributed by atoms with E-state index in [0.717, 1.165) is 12.3 Å². The van der Waals surface area contributed by atoms with Crippen molar-refractivity contribution in [3.05, 3.63) is 22.8 Å². The Labute approximate surface area is 167 Å². The number of amides is 1. The van der Waals surface area contributed by atoms with E-state index >= 15 is 0 Å². The number of alkyl halides is 3. The van der Waals surface area contributed by atoms with Crippen LogP contribution in [0.25, 0.3) is 0 Å². The van der Waals surface area contributed by atoms with Gasteiger partial charge in [-0.25, -0.2) is 4.98 Å². The van der Waals surface area contributed by atoms with Crippen molar-refractivity contribution in [2.45, 2.75) is 32.5 Å². The van der Waals surface area contributed by atoms with Crippen molar-refractivity contribution in [2.75, 3.05) is 37.6 Å². The number of hydrogen-bond acceptors (Lipinski definition) is 5. The van der Waals surface area contributed by atoms with Crippen molar-refractivity contribution < 1.29 is 18.0 Å². The molecule has 10 heteroatoms. The summed E-state index contributed by atoms with van der Waals surface area (Å²) in [5, 5.41) is 12.0. The van der Waals surface area contributed by atoms with E-state index in [9.17, 15) is 23.2 Å². The van der Waals surface area contributed by atoms with Crippen LogP contribution in [0.15, 0.2) is 12.3 Å². The Morgan fingerprint density at radius 2 is 1.96 bits per heavy atom. The first-order valence-electron chi connectivity index (χ1n) is 8.88. The van der Waals surface area contributed by atoms with Gasteiger partial charge in [0.2, 0.25) is 5.91 Å². The lowest BCUT2D eigenvalue weighted by molar-refractivity contribution is -0.137. The van der Waals surface area contributed by atoms with Crippen LogP contribution in [0.2, 0.25) is 5.02 Å². The number of halogens is 4. The Bertz CT molecular complexity index is 757. The van der Waals surface area contributed by atoms with E-state index in [2.05, 4.69) is 16.4 Å². The Balaban J connectivity index is 1.93. The number of piperazine rings is 1. The minimum atomic E-state index is -4.49. The molecule has 1 fully saturated rings. The average Bonchev–Trinajstić information content (AvgIpc) is 2.61. The molecule has 1 unspecified atom stereocenters. The minimum absolute atomic E-state index is 0.0359. The molecule has 6 nitrogen and oxygen atoms in total. The van der Waals surface area contributed by atoms with Gasteiger partial charge in [0.25, 0.3) is 0 Å². The van der Waals surface area contributed by atoms with Crippen LogP contribution in [-0.2, 0) is 11.0 Å². The highest BCUT2D eigenvalue weighted by Gasteiger charge is 2.33. The number of carbonyl (C=O) groups is 1. The summed E-state index contributed by atoms with van der Waals surface area (Å²) in [6.07, 6.45) is -3.72. The molecule has 1 saturated heterocycles. The molecule has 1 aliphatic rings. The standard InChI is InChI=1S/C18H23ClF3N5O/c1-12(2)17(3,11-23)25-15(28)10-26-4-6-27(7-5-26)16-14(19)8-13(9-24-16)18(20,21)22/h8-9,12H,4-7,10H2,1-3H3,(H,25,28). The zero-order valence-corrected chi connectivity index (χ0v) is 16.7. The fourth-order valence-corrected chi connectivity index (χ4v) is 3.06. The van der Waals surface area contributed by atoms with Gasteiger partial charge in [0, 0.05) is 32.4 Å². The maximum absolute atomic E-state index is 12.7. The summed E-state index contributed by atoms with van der Waals surface area (Å²) in [7, 11) is 0. The second-order valence-electron chi connectivity index (χ2n) is 7.31. The lowest BCUT2D eigenvalue weighted by Gasteiger charge is -2.36. The van der Waals surface area contributed by atoms with Gasteiger partial charge in [-0.05, 0) is 18.9 Å². The predicted molar refractivity (Wildman–Crippen MR) is 99.9 cm³/mol. The maximum atomic E-state index is 12.7. The first kappa shape index (κ1) is 22.2. The smallest absolute Gasteiger partial charge is 0.353 e. The van der Waals surface area contributed by atoms with Crippen LogP contribution in [0.1, 0.15) is 26.3 Å². The van der Waals surface area contributed by atoms with E-state index in [-0.39, 0.29) is 23.4 Å². The van der Waals surface area contributed by atoms with Gasteiger partial charge in [0.15, 0.2) is 0 Å². The van der Waals surface area contributed by atoms with Gasteiger partial charge in [-0.2, -0.15) is 18.4 Å². The Kier molecular flexibility index (Phi) is 6.78. The first-order valence-corrected chi connectivity index (χ1v) is 9.26. The molecule has 0 spiro atoms. The largest absolute Gasteiger partial charge is 0.417 e. The van der Waals surface area contributed by atoms with Gasteiger partial charge in [0.1, 0.15) is 11.4 Å². The third-order valence-corrected chi connectivity index (χ3v) is 5.25. The summed E-state index contributed by atoms with van der Waals surface area (Å²) in [5.41, 5.74) is -1.82. The van der Waals surface area contributed by atoms with Crippen molar-refractivity contribution in [3.8, 4) is 6.07 Å². The molecule has 2 heterocycles. The van der Waals surface area contributed by atoms with Gasteiger partial charge in [-0.3, -0.25) is 9.69 Å². The molecule has 1 aromatic rings. The lowest BCUT2D eigenvalue weighted by Crippen LogP contribution is -2.54. The average molecular weight is 418 g/mol. The van der Waals surface area contributed by atoms with Crippen LogP contribution in [0, 0.1) is 17.2 Å². The number of nitrogens with zero attached hydrogens (tertiary/aromatic N) is 4. The molecule has 1 N–H and O–H groups in total. The van der Waals surface area contributed by atoms with Crippen molar-refractivity contribution >= 4 is 23.3 Å². The molecule has 0 bridgehead atoms. The monoisotopic (exact) mass is 417 g/mol. The highest BCUT2D eigenvalue weighted by Crippen LogP contribution is 2.33. The van der Waals surface area contributed by atoms with Crippen LogP contribution >= 0.6 is 11.6 Å². The molecule has 0 aliphatic carbocycles. The predicted octanol–water partition coefficient (Wildman–Crippen LogP) is 2.93. The van der Waals surface area contributed by atoms with Crippen LogP contribution in [0.5, 0.6) is 0 Å². The molecular formula is C18H23ClF3N5O. The first-order chi connectivity index (χ1) is 13.0. The van der Waals surface area contributed by atoms with Crippen molar-refractivity contribution in [1.82, 2.24) is 15.2 Å². The molecule has 1 aromatic heterocycles. The Hall–Kier alpha value is -2.05. The molecule has 0 radical (unpaired) electrons. The second kappa shape index (κ2) is 8.53. The number of anilines is 1. The van der Waals surface area contributed by atoms with E-state index < -0.39 is 17.3 Å². The molecule has 1 amide bonds. The number of hydrogen-bond donors (Lipinski definition) is 1. The summed E-state index contributed by atoms with van der Waals surface area (Å²) in [6.45, 7) is 7.56. The minimum Gasteiger partial charge on any atom is -0.353 e. The molecule has 1 atom stereocenters. The molecule has 28 heavy (non-hydrogen) atoms. The van der Waals surface area contributed by atoms with Gasteiger partial charge in [-0.1, -0.05) is 25.4 Å². The van der Waals surface area contributed by atoms with Crippen molar-refractivity contribution in [1.29, 1.82) is 5.26 Å². The molecule has 0 aromatic carbocycles. The number of nitrogens with one attached hydrogen (secondary N) is 1. The van der Waals surface area contributed by atoms with Crippen molar-refractivity contribution in [2.24, 2.45) is 5.92 Å². The summed E-state index contributed by atoms with van der Waals surface area (Å²) < 4.78 is 38.2. The number of aromatic nitrogens is 1. The maximum Gasteiger partial charge on any atom is 0.417 e. The number of rotatable bonds is 5. The van der Waals surface area contributed by atoms with Crippen molar-refractivity contribution in [3.63, 3.8) is 0 Å². The number of pyridine rings is 1. The van der Waals surface area contributed by atoms with Crippen LogP contribution in [0.3, 0.4) is 0 Å². The molecule has 1 aliphatic heterocycles. The fraction of sp³-hybridized carbons (Fsp3) is 0.611. The molecule has 154 valence electrons. The van der Waals surface area contributed by atoms with Gasteiger partial charge in [-0.15, -0.1) is 0 Å². The Morgan fingerprint density at radius 3 is 2.43 bits per heavy atom. The molecule has 0 saturated carbocycles. The summed E-state index contributed by atoms with van der Waals surface area (Å²) in [5.74, 6) is 0.0266. The van der Waals surface area contributed by atoms with Gasteiger partial charge >= 0.3 is 6.18 Å². The zero-order chi connectivity index (χ0) is 21.1. The summed E-state index contributed by atoms with van der Waals surface area (Å²) >= 11 is 6.00. The normalized spacial score (nSPS) is 17.9. The summed E-state index contributed by atoms with van der Waals surface area (Å²) in [6, 6.07) is 3.01. The topological polar surface area (TPSA) is 72.3 Å². The molecular weight excluding hydrogens is 395 g/mol. The van der Waals surface area contributed by atoms with E-state index in [4.69, 9.17) is 11.6 Å². The SMILES string of the molecule is CC(C)C(C)(C#N)NC(=O)CN1CCN(c2ncc(C(F)(F)F)cc2Cl)CC1. The summed E-state index contributed by atoms with van der Waals surface area (Å²) in [4.78, 5) is 19.9. The highest BCUT2D eigenvalue weighted by molar-refractivity contribution is 6.33. The quantitative estimate of drug-likeness (QED) is 0.797. The highest BCUT2D eigenvalue weighted by atomic mass is 35.5. The third-order valence-electron chi connectivity index (χ3n) is 4.97. The number of nitriles is 1. The van der Waals surface area contributed by atoms with E-state index in [1.165, 1.54) is 0 Å². The fourth-order valence-electron chi connectivity index (χ4n) is 2.77. The zero-order valence-electron chi connectivity index (χ0n) is 16.0. The number of carbonyl (C=O) groups excluding carboxylic acids is 1. The van der Waals surface area contributed by atoms with Crippen LogP contribution in [0.4, 0.5) is 19.0 Å². The lowest BCUT2D eigenvalue weighted by atomic mass is 9.90. The third kappa shape index (κ3) is 5.26. The van der Waals surface area contributed by atoms with Crippen LogP contribution < -0.4 is 10.2 Å². The van der Waals surface area contributed by atoms with E-state index in [0.29, 0.717) is 32.0 Å². The van der Waals surface area contributed by atoms with Gasteiger partial charge in [0.05, 0.1) is 23.2 Å². The molecule has 2 rings (SSSR count). The van der Waals surface area contributed by atoms with E-state index in [1.807, 2.05) is 18.7 Å². The van der Waals surface area contributed by atoms with Gasteiger partial charge < -0.3 is 10.2 Å². The van der Waals surface area contributed by atoms with Crippen LogP contribution in [-0.4, -0.2) is 54.1 Å².